The van der Waals surface area contributed by atoms with Gasteiger partial charge in [-0.25, -0.2) is 4.39 Å². The average Bonchev–Trinajstić information content (AvgIpc) is 2.30. The number of thiocarbonyl (C=S) groups is 1. The molecule has 2 amide bonds. The highest BCUT2D eigenvalue weighted by atomic mass is 35.5. The minimum absolute atomic E-state index is 0.0565. The topological polar surface area (TPSA) is 84.2 Å². The zero-order valence-electron chi connectivity index (χ0n) is 9.00. The Balaban J connectivity index is 2.61. The van der Waals surface area contributed by atoms with Crippen LogP contribution in [0.5, 0.6) is 0 Å². The van der Waals surface area contributed by atoms with Crippen LogP contribution >= 0.6 is 23.8 Å². The molecule has 0 aliphatic rings. The maximum atomic E-state index is 12.9. The van der Waals surface area contributed by atoms with Crippen molar-refractivity contribution in [2.24, 2.45) is 5.73 Å². The molecule has 0 radical (unpaired) electrons. The second kappa shape index (κ2) is 6.27. The molecule has 0 fully saturated rings. The summed E-state index contributed by atoms with van der Waals surface area (Å²) in [5.41, 5.74) is 5.36. The number of hydrogen-bond donors (Lipinski definition) is 3. The first-order valence-electron chi connectivity index (χ1n) is 4.72. The number of carbonyl (C=O) groups excluding carboxylic acids is 2. The zero-order chi connectivity index (χ0) is 13.7. The summed E-state index contributed by atoms with van der Waals surface area (Å²) in [6.07, 6.45) is 0. The van der Waals surface area contributed by atoms with Crippen molar-refractivity contribution >= 4 is 46.3 Å². The molecule has 0 saturated carbocycles. The predicted molar refractivity (Wildman–Crippen MR) is 69.8 cm³/mol. The third kappa shape index (κ3) is 4.27. The summed E-state index contributed by atoms with van der Waals surface area (Å²) in [7, 11) is 0. The van der Waals surface area contributed by atoms with Crippen LogP contribution in [0, 0.1) is 5.82 Å². The summed E-state index contributed by atoms with van der Waals surface area (Å²) in [6, 6.07) is 3.54. The van der Waals surface area contributed by atoms with Gasteiger partial charge < -0.3 is 16.4 Å². The third-order valence-electron chi connectivity index (χ3n) is 1.81. The number of halogens is 2. The van der Waals surface area contributed by atoms with Crippen LogP contribution in [-0.2, 0) is 9.59 Å². The van der Waals surface area contributed by atoms with Gasteiger partial charge in [0.1, 0.15) is 5.82 Å². The maximum absolute atomic E-state index is 12.9. The molecule has 1 aromatic carbocycles. The smallest absolute Gasteiger partial charge is 0.313 e. The van der Waals surface area contributed by atoms with Gasteiger partial charge in [0, 0.05) is 5.69 Å². The van der Waals surface area contributed by atoms with Gasteiger partial charge in [0.05, 0.1) is 16.6 Å². The first-order chi connectivity index (χ1) is 8.40. The summed E-state index contributed by atoms with van der Waals surface area (Å²) in [6.45, 7) is -0.0776. The molecule has 5 nitrogen and oxygen atoms in total. The molecular weight excluding hydrogens is 281 g/mol. The van der Waals surface area contributed by atoms with Crippen molar-refractivity contribution in [3.05, 3.63) is 29.0 Å². The molecule has 1 aromatic rings. The number of benzene rings is 1. The molecular formula is C10H9ClFN3O2S. The molecule has 0 aromatic heterocycles. The number of anilines is 1. The molecule has 0 unspecified atom stereocenters. The van der Waals surface area contributed by atoms with Gasteiger partial charge in [-0.15, -0.1) is 0 Å². The summed E-state index contributed by atoms with van der Waals surface area (Å²) in [4.78, 5) is 22.7. The minimum atomic E-state index is -0.922. The van der Waals surface area contributed by atoms with E-state index in [0.717, 1.165) is 6.07 Å². The SMILES string of the molecule is NC(=S)CNC(=O)C(=O)Nc1ccc(F)c(Cl)c1. The van der Waals surface area contributed by atoms with E-state index in [4.69, 9.17) is 17.3 Å². The van der Waals surface area contributed by atoms with Crippen molar-refractivity contribution in [3.63, 3.8) is 0 Å². The number of rotatable bonds is 3. The van der Waals surface area contributed by atoms with Crippen LogP contribution in [0.15, 0.2) is 18.2 Å². The first-order valence-corrected chi connectivity index (χ1v) is 5.51. The Labute approximate surface area is 112 Å². The lowest BCUT2D eigenvalue weighted by molar-refractivity contribution is -0.135. The van der Waals surface area contributed by atoms with Crippen LogP contribution < -0.4 is 16.4 Å². The van der Waals surface area contributed by atoms with E-state index in [2.05, 4.69) is 22.9 Å². The van der Waals surface area contributed by atoms with E-state index in [0.29, 0.717) is 0 Å². The monoisotopic (exact) mass is 289 g/mol. The fourth-order valence-corrected chi connectivity index (χ4v) is 1.26. The predicted octanol–water partition coefficient (Wildman–Crippen LogP) is 0.820. The molecule has 18 heavy (non-hydrogen) atoms. The highest BCUT2D eigenvalue weighted by Crippen LogP contribution is 2.19. The molecule has 0 heterocycles. The van der Waals surface area contributed by atoms with Crippen LogP contribution in [0.3, 0.4) is 0 Å². The zero-order valence-corrected chi connectivity index (χ0v) is 10.6. The van der Waals surface area contributed by atoms with Crippen molar-refractivity contribution in [1.29, 1.82) is 0 Å². The normalized spacial score (nSPS) is 9.67. The van der Waals surface area contributed by atoms with Gasteiger partial charge >= 0.3 is 11.8 Å². The Bertz CT molecular complexity index is 510. The van der Waals surface area contributed by atoms with Crippen molar-refractivity contribution in [2.75, 3.05) is 11.9 Å². The van der Waals surface area contributed by atoms with E-state index in [1.54, 1.807) is 0 Å². The third-order valence-corrected chi connectivity index (χ3v) is 2.24. The van der Waals surface area contributed by atoms with E-state index < -0.39 is 17.6 Å². The van der Waals surface area contributed by atoms with Crippen LogP contribution in [0.4, 0.5) is 10.1 Å². The number of nitrogens with one attached hydrogen (secondary N) is 2. The Hall–Kier alpha value is -1.73. The summed E-state index contributed by atoms with van der Waals surface area (Å²) in [5, 5.41) is 4.29. The fraction of sp³-hybridized carbons (Fsp3) is 0.100. The van der Waals surface area contributed by atoms with E-state index in [9.17, 15) is 14.0 Å². The highest BCUT2D eigenvalue weighted by Gasteiger charge is 2.13. The molecule has 0 atom stereocenters. The van der Waals surface area contributed by atoms with E-state index >= 15 is 0 Å². The number of hydrogen-bond acceptors (Lipinski definition) is 3. The standard InChI is InChI=1S/C10H9ClFN3O2S/c11-6-3-5(1-2-7(6)12)15-10(17)9(16)14-4-8(13)18/h1-3H,4H2,(H2,13,18)(H,14,16)(H,15,17). The van der Waals surface area contributed by atoms with Gasteiger partial charge in [0.2, 0.25) is 0 Å². The molecule has 1 rings (SSSR count). The largest absolute Gasteiger partial charge is 0.392 e. The van der Waals surface area contributed by atoms with Crippen LogP contribution in [0.1, 0.15) is 0 Å². The van der Waals surface area contributed by atoms with E-state index in [1.807, 2.05) is 0 Å². The van der Waals surface area contributed by atoms with Gasteiger partial charge in [0.25, 0.3) is 0 Å². The second-order valence-electron chi connectivity index (χ2n) is 3.23. The molecule has 0 saturated heterocycles. The molecule has 8 heteroatoms. The van der Waals surface area contributed by atoms with Crippen LogP contribution in [0.2, 0.25) is 5.02 Å². The summed E-state index contributed by atoms with van der Waals surface area (Å²) < 4.78 is 12.9. The Morgan fingerprint density at radius 2 is 2.06 bits per heavy atom. The van der Waals surface area contributed by atoms with Crippen molar-refractivity contribution in [1.82, 2.24) is 5.32 Å². The van der Waals surface area contributed by atoms with E-state index in [-0.39, 0.29) is 22.2 Å². The Morgan fingerprint density at radius 3 is 2.61 bits per heavy atom. The summed E-state index contributed by atoms with van der Waals surface area (Å²) in [5.74, 6) is -2.44. The highest BCUT2D eigenvalue weighted by molar-refractivity contribution is 7.80. The van der Waals surface area contributed by atoms with Gasteiger partial charge in [-0.1, -0.05) is 23.8 Å². The van der Waals surface area contributed by atoms with Gasteiger partial charge in [0.15, 0.2) is 0 Å². The molecule has 0 bridgehead atoms. The fourth-order valence-electron chi connectivity index (χ4n) is 1.01. The van der Waals surface area contributed by atoms with Crippen LogP contribution in [-0.4, -0.2) is 23.3 Å². The van der Waals surface area contributed by atoms with Crippen molar-refractivity contribution < 1.29 is 14.0 Å². The molecule has 0 aliphatic heterocycles. The molecule has 4 N–H and O–H groups in total. The Morgan fingerprint density at radius 1 is 1.39 bits per heavy atom. The second-order valence-corrected chi connectivity index (χ2v) is 4.16. The minimum Gasteiger partial charge on any atom is -0.392 e. The van der Waals surface area contributed by atoms with Gasteiger partial charge in [-0.3, -0.25) is 9.59 Å². The number of amides is 2. The molecule has 0 aliphatic carbocycles. The summed E-state index contributed by atoms with van der Waals surface area (Å²) >= 11 is 10.1. The van der Waals surface area contributed by atoms with Crippen LogP contribution in [0.25, 0.3) is 0 Å². The lowest BCUT2D eigenvalue weighted by Crippen LogP contribution is -2.39. The quantitative estimate of drug-likeness (QED) is 0.568. The van der Waals surface area contributed by atoms with Crippen molar-refractivity contribution in [2.45, 2.75) is 0 Å². The van der Waals surface area contributed by atoms with Crippen molar-refractivity contribution in [3.8, 4) is 0 Å². The van der Waals surface area contributed by atoms with Gasteiger partial charge in [-0.2, -0.15) is 0 Å². The molecule has 0 spiro atoms. The number of carbonyl (C=O) groups is 2. The first kappa shape index (κ1) is 14.3. The van der Waals surface area contributed by atoms with Gasteiger partial charge in [-0.05, 0) is 18.2 Å². The number of nitrogens with two attached hydrogens (primary N) is 1. The average molecular weight is 290 g/mol. The lowest BCUT2D eigenvalue weighted by Gasteiger charge is -2.06. The maximum Gasteiger partial charge on any atom is 0.313 e. The van der Waals surface area contributed by atoms with E-state index in [1.165, 1.54) is 12.1 Å². The lowest BCUT2D eigenvalue weighted by atomic mass is 10.3. The Kier molecular flexibility index (Phi) is 4.99. The molecule has 96 valence electrons.